The zero-order chi connectivity index (χ0) is 15.1. The smallest absolute Gasteiger partial charge is 0.260 e. The lowest BCUT2D eigenvalue weighted by Gasteiger charge is -2.26. The first-order valence-corrected chi connectivity index (χ1v) is 7.18. The molecule has 0 unspecified atom stereocenters. The molecule has 0 saturated heterocycles. The maximum absolute atomic E-state index is 12.1. The minimum absolute atomic E-state index is 0.000252. The van der Waals surface area contributed by atoms with Crippen LogP contribution in [0, 0.1) is 0 Å². The van der Waals surface area contributed by atoms with Crippen LogP contribution >= 0.6 is 12.2 Å². The summed E-state index contributed by atoms with van der Waals surface area (Å²) < 4.78 is 5.50. The Morgan fingerprint density at radius 3 is 2.40 bits per heavy atom. The summed E-state index contributed by atoms with van der Waals surface area (Å²) in [6, 6.07) is 7.29. The normalized spacial score (nSPS) is 10.4. The molecule has 110 valence electrons. The lowest BCUT2D eigenvalue weighted by Crippen LogP contribution is -2.40. The molecule has 0 spiro atoms. The van der Waals surface area contributed by atoms with Gasteiger partial charge in [-0.1, -0.05) is 19.1 Å². The Hall–Kier alpha value is -1.62. The Kier molecular flexibility index (Phi) is 6.45. The van der Waals surface area contributed by atoms with Crippen LogP contribution in [0.2, 0.25) is 0 Å². The Bertz CT molecular complexity index is 457. The second kappa shape index (κ2) is 7.85. The summed E-state index contributed by atoms with van der Waals surface area (Å²) in [5.41, 5.74) is 6.31. The van der Waals surface area contributed by atoms with Crippen molar-refractivity contribution in [3.63, 3.8) is 0 Å². The second-order valence-electron chi connectivity index (χ2n) is 4.86. The molecular weight excluding hydrogens is 272 g/mol. The van der Waals surface area contributed by atoms with Gasteiger partial charge in [-0.25, -0.2) is 0 Å². The third-order valence-corrected chi connectivity index (χ3v) is 3.15. The fourth-order valence-corrected chi connectivity index (χ4v) is 1.99. The molecule has 5 heteroatoms. The van der Waals surface area contributed by atoms with Gasteiger partial charge in [0.1, 0.15) is 10.7 Å². The number of rotatable bonds is 7. The van der Waals surface area contributed by atoms with Gasteiger partial charge in [0.2, 0.25) is 0 Å². The molecule has 1 aromatic carbocycles. The molecule has 20 heavy (non-hydrogen) atoms. The van der Waals surface area contributed by atoms with Crippen molar-refractivity contribution >= 4 is 23.1 Å². The highest BCUT2D eigenvalue weighted by atomic mass is 32.1. The molecule has 1 rings (SSSR count). The quantitative estimate of drug-likeness (QED) is 0.784. The standard InChI is InChI=1S/C15H22N2O2S/c1-4-9-17(11(2)3)14(18)10-19-13-7-5-12(6-8-13)15(16)20/h5-8,11H,4,9-10H2,1-3H3,(H2,16,20). The molecular formula is C15H22N2O2S. The molecule has 0 aliphatic rings. The van der Waals surface area contributed by atoms with E-state index in [2.05, 4.69) is 6.92 Å². The van der Waals surface area contributed by atoms with Crippen LogP contribution < -0.4 is 10.5 Å². The molecule has 0 fully saturated rings. The highest BCUT2D eigenvalue weighted by molar-refractivity contribution is 7.80. The molecule has 0 aromatic heterocycles. The fraction of sp³-hybridized carbons (Fsp3) is 0.467. The summed E-state index contributed by atoms with van der Waals surface area (Å²) >= 11 is 4.88. The number of carbonyl (C=O) groups excluding carboxylic acids is 1. The van der Waals surface area contributed by atoms with Gasteiger partial charge in [-0.3, -0.25) is 4.79 Å². The van der Waals surface area contributed by atoms with Gasteiger partial charge in [-0.2, -0.15) is 0 Å². The first-order valence-electron chi connectivity index (χ1n) is 6.77. The van der Waals surface area contributed by atoms with Gasteiger partial charge in [0.05, 0.1) is 0 Å². The van der Waals surface area contributed by atoms with E-state index in [0.29, 0.717) is 10.7 Å². The van der Waals surface area contributed by atoms with Crippen molar-refractivity contribution in [1.29, 1.82) is 0 Å². The minimum Gasteiger partial charge on any atom is -0.484 e. The lowest BCUT2D eigenvalue weighted by molar-refractivity contribution is -0.135. The number of thiocarbonyl (C=S) groups is 1. The van der Waals surface area contributed by atoms with E-state index in [1.807, 2.05) is 18.7 Å². The zero-order valence-electron chi connectivity index (χ0n) is 12.3. The first kappa shape index (κ1) is 16.4. The van der Waals surface area contributed by atoms with Gasteiger partial charge in [0, 0.05) is 18.2 Å². The second-order valence-corrected chi connectivity index (χ2v) is 5.30. The van der Waals surface area contributed by atoms with Gasteiger partial charge in [0.25, 0.3) is 5.91 Å². The first-order chi connectivity index (χ1) is 9.45. The predicted octanol–water partition coefficient (Wildman–Crippen LogP) is 2.35. The van der Waals surface area contributed by atoms with Crippen LogP contribution in [-0.2, 0) is 4.79 Å². The molecule has 0 atom stereocenters. The van der Waals surface area contributed by atoms with Crippen molar-refractivity contribution in [3.8, 4) is 5.75 Å². The predicted molar refractivity (Wildman–Crippen MR) is 85.0 cm³/mol. The van der Waals surface area contributed by atoms with E-state index in [-0.39, 0.29) is 18.6 Å². The number of hydrogen-bond donors (Lipinski definition) is 1. The van der Waals surface area contributed by atoms with Crippen molar-refractivity contribution < 1.29 is 9.53 Å². The van der Waals surface area contributed by atoms with Crippen LogP contribution in [0.1, 0.15) is 32.8 Å². The van der Waals surface area contributed by atoms with E-state index in [0.717, 1.165) is 18.5 Å². The number of benzene rings is 1. The summed E-state index contributed by atoms with van der Waals surface area (Å²) in [5, 5.41) is 0. The van der Waals surface area contributed by atoms with E-state index < -0.39 is 0 Å². The molecule has 1 aromatic rings. The van der Waals surface area contributed by atoms with Crippen LogP contribution in [0.15, 0.2) is 24.3 Å². The molecule has 4 nitrogen and oxygen atoms in total. The average Bonchev–Trinajstić information content (AvgIpc) is 2.42. The number of carbonyl (C=O) groups is 1. The van der Waals surface area contributed by atoms with Gasteiger partial charge in [0.15, 0.2) is 6.61 Å². The van der Waals surface area contributed by atoms with E-state index >= 15 is 0 Å². The Morgan fingerprint density at radius 1 is 1.35 bits per heavy atom. The number of amides is 1. The van der Waals surface area contributed by atoms with Crippen LogP contribution in [0.25, 0.3) is 0 Å². The van der Waals surface area contributed by atoms with Crippen LogP contribution in [0.4, 0.5) is 0 Å². The monoisotopic (exact) mass is 294 g/mol. The third-order valence-electron chi connectivity index (χ3n) is 2.91. The van der Waals surface area contributed by atoms with Crippen molar-refractivity contribution in [2.24, 2.45) is 5.73 Å². The summed E-state index contributed by atoms with van der Waals surface area (Å²) in [5.74, 6) is 0.638. The topological polar surface area (TPSA) is 55.6 Å². The van der Waals surface area contributed by atoms with Crippen molar-refractivity contribution in [1.82, 2.24) is 4.90 Å². The molecule has 2 N–H and O–H groups in total. The molecule has 1 amide bonds. The molecule has 0 bridgehead atoms. The maximum atomic E-state index is 12.1. The van der Waals surface area contributed by atoms with E-state index in [4.69, 9.17) is 22.7 Å². The highest BCUT2D eigenvalue weighted by Gasteiger charge is 2.16. The highest BCUT2D eigenvalue weighted by Crippen LogP contribution is 2.12. The van der Waals surface area contributed by atoms with Crippen LogP contribution in [-0.4, -0.2) is 35.0 Å². The maximum Gasteiger partial charge on any atom is 0.260 e. The zero-order valence-corrected chi connectivity index (χ0v) is 13.1. The Morgan fingerprint density at radius 2 is 1.95 bits per heavy atom. The molecule has 0 radical (unpaired) electrons. The van der Waals surface area contributed by atoms with Crippen molar-refractivity contribution in [2.45, 2.75) is 33.2 Å². The van der Waals surface area contributed by atoms with Gasteiger partial charge < -0.3 is 15.4 Å². The van der Waals surface area contributed by atoms with E-state index in [1.54, 1.807) is 24.3 Å². The molecule has 0 aliphatic heterocycles. The summed E-state index contributed by atoms with van der Waals surface area (Å²) in [6.45, 7) is 6.86. The summed E-state index contributed by atoms with van der Waals surface area (Å²) in [4.78, 5) is 14.3. The average molecular weight is 294 g/mol. The molecule has 0 saturated carbocycles. The number of nitrogens with two attached hydrogens (primary N) is 1. The SMILES string of the molecule is CCCN(C(=O)COc1ccc(C(N)=S)cc1)C(C)C. The Labute approximate surface area is 125 Å². The molecule has 0 aliphatic carbocycles. The van der Waals surface area contributed by atoms with E-state index in [9.17, 15) is 4.79 Å². The third kappa shape index (κ3) is 4.81. The van der Waals surface area contributed by atoms with Gasteiger partial charge in [-0.05, 0) is 44.5 Å². The van der Waals surface area contributed by atoms with Crippen LogP contribution in [0.3, 0.4) is 0 Å². The van der Waals surface area contributed by atoms with E-state index in [1.165, 1.54) is 0 Å². The number of hydrogen-bond acceptors (Lipinski definition) is 3. The van der Waals surface area contributed by atoms with Gasteiger partial charge in [-0.15, -0.1) is 0 Å². The fourth-order valence-electron chi connectivity index (χ4n) is 1.86. The summed E-state index contributed by atoms with van der Waals surface area (Å²) in [6.07, 6.45) is 0.937. The summed E-state index contributed by atoms with van der Waals surface area (Å²) in [7, 11) is 0. The van der Waals surface area contributed by atoms with Crippen molar-refractivity contribution in [3.05, 3.63) is 29.8 Å². The van der Waals surface area contributed by atoms with Crippen molar-refractivity contribution in [2.75, 3.05) is 13.2 Å². The Balaban J connectivity index is 2.57. The van der Waals surface area contributed by atoms with Crippen LogP contribution in [0.5, 0.6) is 5.75 Å². The number of ether oxygens (including phenoxy) is 1. The largest absolute Gasteiger partial charge is 0.484 e. The lowest BCUT2D eigenvalue weighted by atomic mass is 10.2. The van der Waals surface area contributed by atoms with Gasteiger partial charge >= 0.3 is 0 Å². The minimum atomic E-state index is 0.000252. The molecule has 0 heterocycles. The number of nitrogens with zero attached hydrogens (tertiary/aromatic N) is 1.